The normalized spacial score (nSPS) is 15.3. The summed E-state index contributed by atoms with van der Waals surface area (Å²) in [5.74, 6) is 1.32. The Kier molecular flexibility index (Phi) is 6.35. The van der Waals surface area contributed by atoms with Crippen LogP contribution < -0.4 is 15.8 Å². The molecule has 2 aromatic rings. The van der Waals surface area contributed by atoms with E-state index >= 15 is 0 Å². The summed E-state index contributed by atoms with van der Waals surface area (Å²) in [6.45, 7) is 0.590. The molecular formula is C22H30N4O. The largest absolute Gasteiger partial charge is 0.497 e. The standard InChI is InChI=1S/C22H30N4O/c1-26(2)21(17-11-13-18(27-3)14-12-17)15-24-22(23)25-20-10-6-8-16-7-4-5-9-19(16)20/h6,8,10-14,21H,4-5,7,9,15H2,1-3H3,(H3,23,24,25). The number of nitrogens with one attached hydrogen (secondary N) is 1. The molecule has 0 aliphatic heterocycles. The van der Waals surface area contributed by atoms with Crippen molar-refractivity contribution in [2.75, 3.05) is 33.1 Å². The van der Waals surface area contributed by atoms with E-state index in [0.717, 1.165) is 24.3 Å². The average Bonchev–Trinajstić information content (AvgIpc) is 2.68. The van der Waals surface area contributed by atoms with Crippen molar-refractivity contribution in [1.29, 1.82) is 0 Å². The fraction of sp³-hybridized carbons (Fsp3) is 0.409. The molecule has 0 saturated carbocycles. The molecule has 0 heterocycles. The summed E-state index contributed by atoms with van der Waals surface area (Å²) < 4.78 is 5.25. The molecule has 0 bridgehead atoms. The molecule has 3 rings (SSSR count). The Morgan fingerprint density at radius 2 is 1.89 bits per heavy atom. The highest BCUT2D eigenvalue weighted by Gasteiger charge is 2.15. The van der Waals surface area contributed by atoms with Crippen LogP contribution >= 0.6 is 0 Å². The van der Waals surface area contributed by atoms with E-state index < -0.39 is 0 Å². The molecule has 0 spiro atoms. The molecule has 5 nitrogen and oxygen atoms in total. The SMILES string of the molecule is COc1ccc(C(CN=C(N)Nc2cccc3c2CCCC3)N(C)C)cc1. The number of hydrogen-bond donors (Lipinski definition) is 2. The van der Waals surface area contributed by atoms with Gasteiger partial charge < -0.3 is 20.7 Å². The molecule has 0 saturated heterocycles. The van der Waals surface area contributed by atoms with Crippen molar-refractivity contribution in [3.05, 3.63) is 59.2 Å². The highest BCUT2D eigenvalue weighted by Crippen LogP contribution is 2.28. The molecule has 5 heteroatoms. The van der Waals surface area contributed by atoms with Crippen molar-refractivity contribution in [3.63, 3.8) is 0 Å². The Hall–Kier alpha value is -2.53. The van der Waals surface area contributed by atoms with E-state index in [4.69, 9.17) is 10.5 Å². The lowest BCUT2D eigenvalue weighted by Crippen LogP contribution is -2.27. The van der Waals surface area contributed by atoms with Crippen molar-refractivity contribution in [1.82, 2.24) is 4.90 Å². The molecule has 1 unspecified atom stereocenters. The lowest BCUT2D eigenvalue weighted by Gasteiger charge is -2.24. The minimum absolute atomic E-state index is 0.154. The molecule has 0 aromatic heterocycles. The Morgan fingerprint density at radius 1 is 1.15 bits per heavy atom. The number of anilines is 1. The van der Waals surface area contributed by atoms with Crippen molar-refractivity contribution >= 4 is 11.6 Å². The van der Waals surface area contributed by atoms with Crippen LogP contribution in [0.4, 0.5) is 5.69 Å². The van der Waals surface area contributed by atoms with Crippen LogP contribution in [0.25, 0.3) is 0 Å². The molecule has 3 N–H and O–H groups in total. The number of fused-ring (bicyclic) bond motifs is 1. The van der Waals surface area contributed by atoms with Gasteiger partial charge in [-0.3, -0.25) is 4.99 Å². The molecule has 0 amide bonds. The Balaban J connectivity index is 1.71. The molecule has 144 valence electrons. The minimum atomic E-state index is 0.154. The van der Waals surface area contributed by atoms with Crippen LogP contribution in [-0.4, -0.2) is 38.6 Å². The van der Waals surface area contributed by atoms with Crippen molar-refractivity contribution in [2.45, 2.75) is 31.7 Å². The van der Waals surface area contributed by atoms with Gasteiger partial charge in [-0.15, -0.1) is 0 Å². The smallest absolute Gasteiger partial charge is 0.193 e. The van der Waals surface area contributed by atoms with Gasteiger partial charge >= 0.3 is 0 Å². The van der Waals surface area contributed by atoms with Crippen molar-refractivity contribution < 1.29 is 4.74 Å². The fourth-order valence-electron chi connectivity index (χ4n) is 3.65. The van der Waals surface area contributed by atoms with E-state index in [9.17, 15) is 0 Å². The van der Waals surface area contributed by atoms with Gasteiger partial charge in [-0.25, -0.2) is 0 Å². The number of aliphatic imine (C=N–C) groups is 1. The first-order chi connectivity index (χ1) is 13.1. The maximum absolute atomic E-state index is 6.21. The first-order valence-electron chi connectivity index (χ1n) is 9.56. The molecule has 1 aliphatic rings. The number of nitrogens with two attached hydrogens (primary N) is 1. The van der Waals surface area contributed by atoms with Crippen LogP contribution in [0.3, 0.4) is 0 Å². The zero-order valence-corrected chi connectivity index (χ0v) is 16.5. The van der Waals surface area contributed by atoms with Gasteiger partial charge in [0, 0.05) is 5.69 Å². The molecule has 0 radical (unpaired) electrons. The van der Waals surface area contributed by atoms with E-state index in [2.05, 4.69) is 59.6 Å². The number of benzene rings is 2. The zero-order valence-electron chi connectivity index (χ0n) is 16.5. The predicted octanol–water partition coefficient (Wildman–Crippen LogP) is 3.60. The second-order valence-corrected chi connectivity index (χ2v) is 7.25. The highest BCUT2D eigenvalue weighted by molar-refractivity contribution is 5.93. The summed E-state index contributed by atoms with van der Waals surface area (Å²) >= 11 is 0. The summed E-state index contributed by atoms with van der Waals surface area (Å²) in [5.41, 5.74) is 11.3. The first kappa shape index (κ1) is 19.2. The van der Waals surface area contributed by atoms with E-state index in [0.29, 0.717) is 12.5 Å². The van der Waals surface area contributed by atoms with Crippen molar-refractivity contribution in [2.24, 2.45) is 10.7 Å². The monoisotopic (exact) mass is 366 g/mol. The van der Waals surface area contributed by atoms with Gasteiger partial charge in [0.05, 0.1) is 19.7 Å². The number of ether oxygens (including phenoxy) is 1. The van der Waals surface area contributed by atoms with Crippen LogP contribution in [-0.2, 0) is 12.8 Å². The van der Waals surface area contributed by atoms with Gasteiger partial charge in [0.25, 0.3) is 0 Å². The number of aryl methyl sites for hydroxylation is 1. The Bertz CT molecular complexity index is 783. The second-order valence-electron chi connectivity index (χ2n) is 7.25. The van der Waals surface area contributed by atoms with Crippen LogP contribution in [0.5, 0.6) is 5.75 Å². The van der Waals surface area contributed by atoms with Gasteiger partial charge in [-0.2, -0.15) is 0 Å². The summed E-state index contributed by atoms with van der Waals surface area (Å²) in [5, 5.41) is 3.32. The van der Waals surface area contributed by atoms with Gasteiger partial charge in [0.2, 0.25) is 0 Å². The predicted molar refractivity (Wildman–Crippen MR) is 113 cm³/mol. The summed E-state index contributed by atoms with van der Waals surface area (Å²) in [4.78, 5) is 6.78. The third-order valence-corrected chi connectivity index (χ3v) is 5.22. The third kappa shape index (κ3) is 4.80. The lowest BCUT2D eigenvalue weighted by atomic mass is 9.90. The average molecular weight is 367 g/mol. The van der Waals surface area contributed by atoms with E-state index in [-0.39, 0.29) is 6.04 Å². The van der Waals surface area contributed by atoms with Crippen LogP contribution in [0.2, 0.25) is 0 Å². The number of methoxy groups -OCH3 is 1. The first-order valence-corrected chi connectivity index (χ1v) is 9.56. The van der Waals surface area contributed by atoms with E-state index in [1.165, 1.54) is 29.5 Å². The van der Waals surface area contributed by atoms with Gasteiger partial charge in [0.15, 0.2) is 5.96 Å². The van der Waals surface area contributed by atoms with E-state index in [1.54, 1.807) is 7.11 Å². The molecule has 27 heavy (non-hydrogen) atoms. The minimum Gasteiger partial charge on any atom is -0.497 e. The molecule has 0 fully saturated rings. The Morgan fingerprint density at radius 3 is 2.59 bits per heavy atom. The summed E-state index contributed by atoms with van der Waals surface area (Å²) in [6.07, 6.45) is 4.77. The maximum Gasteiger partial charge on any atom is 0.193 e. The molecule has 1 aliphatic carbocycles. The third-order valence-electron chi connectivity index (χ3n) is 5.22. The number of likely N-dealkylation sites (N-methyl/N-ethyl adjacent to an activating group) is 1. The van der Waals surface area contributed by atoms with Gasteiger partial charge in [-0.1, -0.05) is 24.3 Å². The summed E-state index contributed by atoms with van der Waals surface area (Å²) in [7, 11) is 5.79. The zero-order chi connectivity index (χ0) is 19.2. The number of hydrogen-bond acceptors (Lipinski definition) is 3. The van der Waals surface area contributed by atoms with Crippen LogP contribution in [0, 0.1) is 0 Å². The highest BCUT2D eigenvalue weighted by atomic mass is 16.5. The topological polar surface area (TPSA) is 62.9 Å². The number of guanidine groups is 1. The summed E-state index contributed by atoms with van der Waals surface area (Å²) in [6, 6.07) is 14.7. The van der Waals surface area contributed by atoms with E-state index in [1.807, 2.05) is 12.1 Å². The fourth-order valence-corrected chi connectivity index (χ4v) is 3.65. The lowest BCUT2D eigenvalue weighted by molar-refractivity contribution is 0.306. The van der Waals surface area contributed by atoms with Gasteiger partial charge in [-0.05, 0) is 74.7 Å². The molecular weight excluding hydrogens is 336 g/mol. The number of rotatable bonds is 6. The van der Waals surface area contributed by atoms with Gasteiger partial charge in [0.1, 0.15) is 5.75 Å². The molecule has 2 aromatic carbocycles. The second kappa shape index (κ2) is 8.91. The molecule has 1 atom stereocenters. The maximum atomic E-state index is 6.21. The van der Waals surface area contributed by atoms with Crippen LogP contribution in [0.15, 0.2) is 47.5 Å². The number of nitrogens with zero attached hydrogens (tertiary/aromatic N) is 2. The van der Waals surface area contributed by atoms with Crippen molar-refractivity contribution in [3.8, 4) is 5.75 Å². The van der Waals surface area contributed by atoms with Crippen LogP contribution in [0.1, 0.15) is 35.6 Å². The quantitative estimate of drug-likeness (QED) is 0.606. The Labute approximate surface area is 162 Å².